The molecule has 0 saturated heterocycles. The predicted octanol–water partition coefficient (Wildman–Crippen LogP) is 5.08. The van der Waals surface area contributed by atoms with E-state index in [1.807, 2.05) is 84.9 Å². The van der Waals surface area contributed by atoms with Gasteiger partial charge in [0, 0.05) is 17.7 Å². The summed E-state index contributed by atoms with van der Waals surface area (Å²) in [7, 11) is 0. The van der Waals surface area contributed by atoms with Gasteiger partial charge in [0.05, 0.1) is 6.61 Å². The lowest BCUT2D eigenvalue weighted by Gasteiger charge is -2.16. The zero-order valence-electron chi connectivity index (χ0n) is 16.9. The maximum atomic E-state index is 12.5. The van der Waals surface area contributed by atoms with Crippen molar-refractivity contribution >= 4 is 17.6 Å². The van der Waals surface area contributed by atoms with Crippen molar-refractivity contribution in [3.05, 3.63) is 84.9 Å². The van der Waals surface area contributed by atoms with Crippen LogP contribution in [0.4, 0.5) is 5.69 Å². The second kappa shape index (κ2) is 10.8. The van der Waals surface area contributed by atoms with Crippen molar-refractivity contribution in [1.29, 1.82) is 0 Å². The van der Waals surface area contributed by atoms with E-state index in [0.29, 0.717) is 18.7 Å². The fourth-order valence-corrected chi connectivity index (χ4v) is 2.93. The highest BCUT2D eigenvalue weighted by atomic mass is 16.5. The van der Waals surface area contributed by atoms with Crippen LogP contribution in [0.5, 0.6) is 5.75 Å². The lowest BCUT2D eigenvalue weighted by Crippen LogP contribution is -2.30. The Morgan fingerprint density at radius 3 is 2.23 bits per heavy atom. The molecule has 0 saturated carbocycles. The van der Waals surface area contributed by atoms with Crippen molar-refractivity contribution in [3.63, 3.8) is 0 Å². The predicted molar refractivity (Wildman–Crippen MR) is 117 cm³/mol. The third-order valence-electron chi connectivity index (χ3n) is 4.48. The summed E-state index contributed by atoms with van der Waals surface area (Å²) in [5, 5.41) is 2.86. The molecule has 3 aromatic rings. The zero-order valence-corrected chi connectivity index (χ0v) is 16.9. The lowest BCUT2D eigenvalue weighted by atomic mass is 10.0. The number of carbonyl (C=O) groups excluding carboxylic acids is 2. The number of rotatable bonds is 9. The van der Waals surface area contributed by atoms with Gasteiger partial charge in [-0.15, -0.1) is 0 Å². The average molecular weight is 403 g/mol. The minimum absolute atomic E-state index is 0.186. The first-order valence-electron chi connectivity index (χ1n) is 9.96. The van der Waals surface area contributed by atoms with E-state index in [2.05, 4.69) is 5.32 Å². The molecule has 0 spiro atoms. The summed E-state index contributed by atoms with van der Waals surface area (Å²) in [5.74, 6) is -0.0337. The van der Waals surface area contributed by atoms with Crippen LogP contribution in [0.2, 0.25) is 0 Å². The molecule has 0 aliphatic carbocycles. The number of hydrogen-bond acceptors (Lipinski definition) is 4. The molecular formula is C25H25NO4. The van der Waals surface area contributed by atoms with Gasteiger partial charge in [-0.3, -0.25) is 9.59 Å². The molecule has 154 valence electrons. The Morgan fingerprint density at radius 2 is 1.50 bits per heavy atom. The Kier molecular flexibility index (Phi) is 7.61. The van der Waals surface area contributed by atoms with Crippen molar-refractivity contribution < 1.29 is 19.1 Å². The summed E-state index contributed by atoms with van der Waals surface area (Å²) in [5.41, 5.74) is 2.58. The second-order valence-electron chi connectivity index (χ2n) is 6.80. The molecule has 0 aromatic heterocycles. The van der Waals surface area contributed by atoms with E-state index >= 15 is 0 Å². The summed E-state index contributed by atoms with van der Waals surface area (Å²) < 4.78 is 10.8. The normalized spacial score (nSPS) is 11.4. The maximum Gasteiger partial charge on any atom is 0.306 e. The van der Waals surface area contributed by atoms with Gasteiger partial charge in [0.15, 0.2) is 6.10 Å². The van der Waals surface area contributed by atoms with Crippen molar-refractivity contribution in [1.82, 2.24) is 0 Å². The fourth-order valence-electron chi connectivity index (χ4n) is 2.93. The van der Waals surface area contributed by atoms with E-state index in [0.717, 1.165) is 16.9 Å². The molecule has 5 nitrogen and oxygen atoms in total. The van der Waals surface area contributed by atoms with Crippen molar-refractivity contribution in [2.75, 3.05) is 11.9 Å². The summed E-state index contributed by atoms with van der Waals surface area (Å²) in [6.07, 6.45) is -0.194. The van der Waals surface area contributed by atoms with E-state index in [9.17, 15) is 9.59 Å². The monoisotopic (exact) mass is 403 g/mol. The highest BCUT2D eigenvalue weighted by Gasteiger charge is 2.19. The molecule has 0 heterocycles. The summed E-state index contributed by atoms with van der Waals surface area (Å²) >= 11 is 0. The highest BCUT2D eigenvalue weighted by Crippen LogP contribution is 2.27. The second-order valence-corrected chi connectivity index (χ2v) is 6.80. The number of amides is 1. The van der Waals surface area contributed by atoms with Gasteiger partial charge in [-0.2, -0.15) is 0 Å². The molecule has 0 fully saturated rings. The third-order valence-corrected chi connectivity index (χ3v) is 4.48. The van der Waals surface area contributed by atoms with E-state index in [1.54, 1.807) is 6.92 Å². The molecule has 1 amide bonds. The van der Waals surface area contributed by atoms with Crippen LogP contribution in [-0.4, -0.2) is 24.6 Å². The summed E-state index contributed by atoms with van der Waals surface area (Å²) in [6, 6.07) is 26.7. The number of ether oxygens (including phenoxy) is 2. The highest BCUT2D eigenvalue weighted by molar-refractivity contribution is 5.98. The number of esters is 1. The SMILES string of the molecule is C[C@H](OC(=O)CCCOc1ccccc1)C(=O)Nc1ccccc1-c1ccccc1. The van der Waals surface area contributed by atoms with E-state index in [4.69, 9.17) is 9.47 Å². The molecule has 0 bridgehead atoms. The summed E-state index contributed by atoms with van der Waals surface area (Å²) in [6.45, 7) is 1.98. The molecular weight excluding hydrogens is 378 g/mol. The number of hydrogen-bond donors (Lipinski definition) is 1. The van der Waals surface area contributed by atoms with Gasteiger partial charge in [0.2, 0.25) is 0 Å². The quantitative estimate of drug-likeness (QED) is 0.400. The first-order chi connectivity index (χ1) is 14.6. The number of nitrogens with one attached hydrogen (secondary N) is 1. The van der Waals surface area contributed by atoms with Gasteiger partial charge in [-0.25, -0.2) is 0 Å². The Bertz CT molecular complexity index is 957. The van der Waals surface area contributed by atoms with Gasteiger partial charge < -0.3 is 14.8 Å². The average Bonchev–Trinajstić information content (AvgIpc) is 2.78. The van der Waals surface area contributed by atoms with E-state index in [1.165, 1.54) is 0 Å². The van der Waals surface area contributed by atoms with Gasteiger partial charge >= 0.3 is 5.97 Å². The first-order valence-corrected chi connectivity index (χ1v) is 9.96. The van der Waals surface area contributed by atoms with Gasteiger partial charge in [0.25, 0.3) is 5.91 Å². The van der Waals surface area contributed by atoms with Crippen molar-refractivity contribution in [2.24, 2.45) is 0 Å². The minimum atomic E-state index is -0.892. The van der Waals surface area contributed by atoms with Crippen LogP contribution in [0.25, 0.3) is 11.1 Å². The van der Waals surface area contributed by atoms with Crippen LogP contribution < -0.4 is 10.1 Å². The van der Waals surface area contributed by atoms with Crippen LogP contribution >= 0.6 is 0 Å². The number of para-hydroxylation sites is 2. The fraction of sp³-hybridized carbons (Fsp3) is 0.200. The molecule has 0 radical (unpaired) electrons. The Balaban J connectivity index is 1.47. The lowest BCUT2D eigenvalue weighted by molar-refractivity contribution is -0.153. The smallest absolute Gasteiger partial charge is 0.306 e. The molecule has 3 aromatic carbocycles. The van der Waals surface area contributed by atoms with Crippen molar-refractivity contribution in [2.45, 2.75) is 25.9 Å². The van der Waals surface area contributed by atoms with Crippen LogP contribution in [0.3, 0.4) is 0 Å². The topological polar surface area (TPSA) is 64.6 Å². The van der Waals surface area contributed by atoms with Crippen LogP contribution in [-0.2, 0) is 14.3 Å². The molecule has 1 N–H and O–H groups in total. The Labute approximate surface area is 176 Å². The van der Waals surface area contributed by atoms with Crippen LogP contribution in [0.15, 0.2) is 84.9 Å². The van der Waals surface area contributed by atoms with Crippen molar-refractivity contribution in [3.8, 4) is 16.9 Å². The van der Waals surface area contributed by atoms with Gasteiger partial charge in [-0.1, -0.05) is 66.7 Å². The molecule has 0 aliphatic rings. The van der Waals surface area contributed by atoms with Crippen LogP contribution in [0, 0.1) is 0 Å². The summed E-state index contributed by atoms with van der Waals surface area (Å²) in [4.78, 5) is 24.6. The van der Waals surface area contributed by atoms with E-state index < -0.39 is 12.1 Å². The first kappa shape index (κ1) is 21.1. The van der Waals surface area contributed by atoms with E-state index in [-0.39, 0.29) is 12.3 Å². The standard InChI is InChI=1S/C25H25NO4/c1-19(30-24(27)17-10-18-29-21-13-6-3-7-14-21)25(28)26-23-16-9-8-15-22(23)20-11-4-2-5-12-20/h2-9,11-16,19H,10,17-18H2,1H3,(H,26,28)/t19-/m0/s1. The minimum Gasteiger partial charge on any atom is -0.494 e. The number of benzene rings is 3. The van der Waals surface area contributed by atoms with Crippen LogP contribution in [0.1, 0.15) is 19.8 Å². The van der Waals surface area contributed by atoms with Gasteiger partial charge in [-0.05, 0) is 37.1 Å². The largest absolute Gasteiger partial charge is 0.494 e. The molecule has 1 atom stereocenters. The molecule has 5 heteroatoms. The molecule has 3 rings (SSSR count). The molecule has 0 unspecified atom stereocenters. The zero-order chi connectivity index (χ0) is 21.2. The number of anilines is 1. The third kappa shape index (κ3) is 6.21. The maximum absolute atomic E-state index is 12.5. The Hall–Kier alpha value is -3.60. The number of carbonyl (C=O) groups is 2. The van der Waals surface area contributed by atoms with Gasteiger partial charge in [0.1, 0.15) is 5.75 Å². The molecule has 0 aliphatic heterocycles. The Morgan fingerprint density at radius 1 is 0.867 bits per heavy atom. The molecule has 30 heavy (non-hydrogen) atoms.